The molecule has 0 radical (unpaired) electrons. The van der Waals surface area contributed by atoms with Crippen LogP contribution in [-0.4, -0.2) is 79.6 Å². The number of aromatic nitrogens is 5. The van der Waals surface area contributed by atoms with Crippen LogP contribution in [0.15, 0.2) is 55.2 Å². The number of rotatable bonds is 6. The number of alkyl halides is 3. The Morgan fingerprint density at radius 2 is 1.85 bits per heavy atom. The molecule has 1 aromatic carbocycles. The fourth-order valence-corrected chi connectivity index (χ4v) is 4.24. The first-order valence-electron chi connectivity index (χ1n) is 12.3. The van der Waals surface area contributed by atoms with E-state index in [0.29, 0.717) is 6.04 Å². The molecular weight excluding hydrogens is 515 g/mol. The van der Waals surface area contributed by atoms with Crippen LogP contribution in [0, 0.1) is 0 Å². The third-order valence-corrected chi connectivity index (χ3v) is 6.28. The van der Waals surface area contributed by atoms with Crippen LogP contribution >= 0.6 is 0 Å². The molecule has 0 amide bonds. The minimum absolute atomic E-state index is 0.392. The molecule has 1 N–H and O–H groups in total. The maximum Gasteiger partial charge on any atom is 0.490 e. The number of fused-ring (bicyclic) bond motifs is 1. The van der Waals surface area contributed by atoms with Gasteiger partial charge >= 0.3 is 12.1 Å². The van der Waals surface area contributed by atoms with Crippen LogP contribution in [0.5, 0.6) is 5.75 Å². The fourth-order valence-electron chi connectivity index (χ4n) is 4.24. The molecule has 3 aromatic heterocycles. The standard InChI is InChI=1S/C24H29N7O.C2HF3O2/c1-18(2)31-17-19(14-27-31)16-28-9-11-29(12-10-28)23-24-26-15-22(30(24)8-7-25-23)20-5-4-6-21(13-20)32-3;3-2(4,5)1(6)7/h4-8,13-15,17-18H,9-12,16H2,1-3H3;(H,6,7). The SMILES string of the molecule is COc1cccc(-c2cnc3c(N4CCN(Cc5cnn(C(C)C)c5)CC4)nccn23)c1.O=C(O)C(F)(F)F. The van der Waals surface area contributed by atoms with E-state index in [1.165, 1.54) is 5.56 Å². The van der Waals surface area contributed by atoms with E-state index in [0.717, 1.165) is 61.2 Å². The molecule has 10 nitrogen and oxygen atoms in total. The Labute approximate surface area is 223 Å². The first kappa shape index (κ1) is 27.9. The lowest BCUT2D eigenvalue weighted by Gasteiger charge is -2.35. The number of nitrogens with zero attached hydrogens (tertiary/aromatic N) is 7. The number of anilines is 1. The highest BCUT2D eigenvalue weighted by Gasteiger charge is 2.38. The molecular formula is C26H30F3N7O3. The Hall–Kier alpha value is -4.13. The van der Waals surface area contributed by atoms with Gasteiger partial charge in [-0.05, 0) is 26.0 Å². The maximum atomic E-state index is 10.6. The quantitative estimate of drug-likeness (QED) is 0.386. The predicted octanol–water partition coefficient (Wildman–Crippen LogP) is 4.14. The van der Waals surface area contributed by atoms with Crippen LogP contribution in [0.1, 0.15) is 25.5 Å². The third kappa shape index (κ3) is 6.66. The predicted molar refractivity (Wildman–Crippen MR) is 139 cm³/mol. The lowest BCUT2D eigenvalue weighted by molar-refractivity contribution is -0.192. The summed E-state index contributed by atoms with van der Waals surface area (Å²) in [6, 6.07) is 8.45. The molecule has 1 aliphatic rings. The molecule has 1 fully saturated rings. The summed E-state index contributed by atoms with van der Waals surface area (Å²) >= 11 is 0. The van der Waals surface area contributed by atoms with E-state index in [1.807, 2.05) is 47.7 Å². The summed E-state index contributed by atoms with van der Waals surface area (Å²) in [7, 11) is 1.69. The molecule has 1 aliphatic heterocycles. The Bertz CT molecular complexity index is 1410. The number of hydrogen-bond donors (Lipinski definition) is 1. The van der Waals surface area contributed by atoms with Crippen LogP contribution in [0.3, 0.4) is 0 Å². The van der Waals surface area contributed by atoms with Crippen LogP contribution in [0.25, 0.3) is 16.9 Å². The smallest absolute Gasteiger partial charge is 0.490 e. The van der Waals surface area contributed by atoms with Gasteiger partial charge in [-0.3, -0.25) is 14.0 Å². The monoisotopic (exact) mass is 545 g/mol. The highest BCUT2D eigenvalue weighted by atomic mass is 19.4. The summed E-state index contributed by atoms with van der Waals surface area (Å²) < 4.78 is 41.3. The summed E-state index contributed by atoms with van der Waals surface area (Å²) in [4.78, 5) is 23.1. The number of imidazole rings is 1. The number of carboxylic acid groups (broad SMARTS) is 1. The topological polar surface area (TPSA) is 101 Å². The number of piperazine rings is 1. The number of benzene rings is 1. The van der Waals surface area contributed by atoms with Crippen LogP contribution < -0.4 is 9.64 Å². The second-order valence-electron chi connectivity index (χ2n) is 9.31. The average Bonchev–Trinajstić information content (AvgIpc) is 3.56. The summed E-state index contributed by atoms with van der Waals surface area (Å²) in [5, 5.41) is 11.6. The zero-order valence-electron chi connectivity index (χ0n) is 21.8. The van der Waals surface area contributed by atoms with Crippen molar-refractivity contribution in [3.8, 4) is 17.0 Å². The van der Waals surface area contributed by atoms with Gasteiger partial charge in [0, 0.05) is 68.5 Å². The Kier molecular flexibility index (Phi) is 8.38. The van der Waals surface area contributed by atoms with Crippen molar-refractivity contribution < 1.29 is 27.8 Å². The molecule has 0 bridgehead atoms. The second-order valence-corrected chi connectivity index (χ2v) is 9.31. The lowest BCUT2D eigenvalue weighted by Crippen LogP contribution is -2.46. The van der Waals surface area contributed by atoms with Crippen LogP contribution in [0.4, 0.5) is 19.0 Å². The lowest BCUT2D eigenvalue weighted by atomic mass is 10.1. The first-order valence-corrected chi connectivity index (χ1v) is 12.3. The van der Waals surface area contributed by atoms with Gasteiger partial charge in [0.1, 0.15) is 5.75 Å². The number of halogens is 3. The summed E-state index contributed by atoms with van der Waals surface area (Å²) in [5.41, 5.74) is 4.25. The number of hydrogen-bond acceptors (Lipinski definition) is 7. The molecule has 39 heavy (non-hydrogen) atoms. The van der Waals surface area contributed by atoms with Gasteiger partial charge in [0.15, 0.2) is 11.5 Å². The Balaban J connectivity index is 0.000000448. The van der Waals surface area contributed by atoms with Gasteiger partial charge in [-0.1, -0.05) is 12.1 Å². The summed E-state index contributed by atoms with van der Waals surface area (Å²) in [5.74, 6) is -0.983. The van der Waals surface area contributed by atoms with Crippen molar-refractivity contribution in [2.24, 2.45) is 0 Å². The van der Waals surface area contributed by atoms with E-state index in [-0.39, 0.29) is 0 Å². The summed E-state index contributed by atoms with van der Waals surface area (Å²) in [6.45, 7) is 9.05. The second kappa shape index (κ2) is 11.7. The molecule has 1 saturated heterocycles. The van der Waals surface area contributed by atoms with Gasteiger partial charge < -0.3 is 14.7 Å². The molecule has 4 heterocycles. The summed E-state index contributed by atoms with van der Waals surface area (Å²) in [6.07, 6.45) is 4.81. The van der Waals surface area contributed by atoms with E-state index < -0.39 is 12.1 Å². The largest absolute Gasteiger partial charge is 0.497 e. The number of methoxy groups -OCH3 is 1. The zero-order valence-corrected chi connectivity index (χ0v) is 21.8. The van der Waals surface area contributed by atoms with Gasteiger partial charge in [-0.15, -0.1) is 0 Å². The molecule has 0 spiro atoms. The average molecular weight is 546 g/mol. The molecule has 0 saturated carbocycles. The Morgan fingerprint density at radius 3 is 2.46 bits per heavy atom. The number of carbonyl (C=O) groups is 1. The molecule has 0 unspecified atom stereocenters. The maximum absolute atomic E-state index is 10.6. The van der Waals surface area contributed by atoms with Crippen molar-refractivity contribution >= 4 is 17.4 Å². The molecule has 0 aliphatic carbocycles. The first-order chi connectivity index (χ1) is 18.6. The highest BCUT2D eigenvalue weighted by Crippen LogP contribution is 2.28. The van der Waals surface area contributed by atoms with Gasteiger partial charge in [-0.2, -0.15) is 18.3 Å². The van der Waals surface area contributed by atoms with Crippen molar-refractivity contribution in [2.45, 2.75) is 32.6 Å². The molecule has 0 atom stereocenters. The van der Waals surface area contributed by atoms with E-state index in [4.69, 9.17) is 19.6 Å². The van der Waals surface area contributed by atoms with Gasteiger partial charge in [0.05, 0.1) is 25.2 Å². The minimum Gasteiger partial charge on any atom is -0.497 e. The van der Waals surface area contributed by atoms with Crippen molar-refractivity contribution in [1.29, 1.82) is 0 Å². The van der Waals surface area contributed by atoms with Crippen molar-refractivity contribution in [1.82, 2.24) is 29.0 Å². The van der Waals surface area contributed by atoms with Gasteiger partial charge in [0.2, 0.25) is 0 Å². The minimum atomic E-state index is -5.08. The van der Waals surface area contributed by atoms with E-state index >= 15 is 0 Å². The highest BCUT2D eigenvalue weighted by molar-refractivity contribution is 5.73. The van der Waals surface area contributed by atoms with E-state index in [9.17, 15) is 13.2 Å². The molecule has 4 aromatic rings. The van der Waals surface area contributed by atoms with Crippen molar-refractivity contribution in [3.05, 3.63) is 60.8 Å². The molecule has 208 valence electrons. The Morgan fingerprint density at radius 1 is 1.13 bits per heavy atom. The van der Waals surface area contributed by atoms with Crippen molar-refractivity contribution in [3.63, 3.8) is 0 Å². The molecule has 5 rings (SSSR count). The number of ether oxygens (including phenoxy) is 1. The van der Waals surface area contributed by atoms with Crippen LogP contribution in [0.2, 0.25) is 0 Å². The fraction of sp³-hybridized carbons (Fsp3) is 0.385. The number of aliphatic carboxylic acids is 1. The normalized spacial score (nSPS) is 14.4. The number of carboxylic acids is 1. The van der Waals surface area contributed by atoms with E-state index in [2.05, 4.69) is 50.4 Å². The third-order valence-electron chi connectivity index (χ3n) is 6.28. The van der Waals surface area contributed by atoms with Gasteiger partial charge in [0.25, 0.3) is 0 Å². The van der Waals surface area contributed by atoms with Crippen LogP contribution in [-0.2, 0) is 11.3 Å². The van der Waals surface area contributed by atoms with E-state index in [1.54, 1.807) is 7.11 Å². The zero-order chi connectivity index (χ0) is 28.2. The van der Waals surface area contributed by atoms with Crippen molar-refractivity contribution in [2.75, 3.05) is 38.2 Å². The van der Waals surface area contributed by atoms with Gasteiger partial charge in [-0.25, -0.2) is 14.8 Å². The molecule has 13 heteroatoms.